The maximum atomic E-state index is 5.35. The summed E-state index contributed by atoms with van der Waals surface area (Å²) in [4.78, 5) is 0. The van der Waals surface area contributed by atoms with Crippen molar-refractivity contribution in [1.29, 1.82) is 0 Å². The van der Waals surface area contributed by atoms with E-state index in [4.69, 9.17) is 4.74 Å². The van der Waals surface area contributed by atoms with Gasteiger partial charge in [0, 0.05) is 4.47 Å². The van der Waals surface area contributed by atoms with Crippen LogP contribution in [0, 0.1) is 0 Å². The Balaban J connectivity index is 2.52. The zero-order valence-electron chi connectivity index (χ0n) is 6.21. The van der Waals surface area contributed by atoms with E-state index in [0.29, 0.717) is 5.94 Å². The fourth-order valence-corrected chi connectivity index (χ4v) is 1.18. The van der Waals surface area contributed by atoms with E-state index in [1.165, 1.54) is 0 Å². The van der Waals surface area contributed by atoms with Gasteiger partial charge in [0.05, 0.1) is 0 Å². The number of thioether (sulfide) groups is 1. The molecule has 0 spiro atoms. The molecular formula is C8H9BrOS. The molecule has 60 valence electrons. The molecule has 0 fully saturated rings. The van der Waals surface area contributed by atoms with Crippen LogP contribution < -0.4 is 4.74 Å². The third-order valence-electron chi connectivity index (χ3n) is 1.16. The molecule has 0 N–H and O–H groups in total. The summed E-state index contributed by atoms with van der Waals surface area (Å²) >= 11 is 5.02. The minimum absolute atomic E-state index is 0.710. The number of ether oxygens (including phenoxy) is 1. The van der Waals surface area contributed by atoms with Gasteiger partial charge in [0.1, 0.15) is 11.7 Å². The topological polar surface area (TPSA) is 9.23 Å². The van der Waals surface area contributed by atoms with Gasteiger partial charge in [-0.15, -0.1) is 11.8 Å². The molecule has 0 saturated carbocycles. The van der Waals surface area contributed by atoms with E-state index in [2.05, 4.69) is 15.9 Å². The molecule has 0 bridgehead atoms. The molecule has 0 amide bonds. The fourth-order valence-electron chi connectivity index (χ4n) is 0.658. The van der Waals surface area contributed by atoms with Crippen LogP contribution in [0.1, 0.15) is 0 Å². The summed E-state index contributed by atoms with van der Waals surface area (Å²) in [6.07, 6.45) is 2.01. The van der Waals surface area contributed by atoms with Gasteiger partial charge in [-0.1, -0.05) is 15.9 Å². The standard InChI is InChI=1S/C8H9BrOS/c1-11-6-10-8-4-2-7(9)3-5-8/h2-5H,6H2,1H3. The zero-order valence-corrected chi connectivity index (χ0v) is 8.61. The normalized spacial score (nSPS) is 9.64. The quantitative estimate of drug-likeness (QED) is 0.741. The highest BCUT2D eigenvalue weighted by Crippen LogP contribution is 2.16. The van der Waals surface area contributed by atoms with E-state index in [1.54, 1.807) is 11.8 Å². The SMILES string of the molecule is CSCOc1ccc(Br)cc1. The molecule has 1 rings (SSSR count). The Labute approximate surface area is 79.3 Å². The van der Waals surface area contributed by atoms with Crippen molar-refractivity contribution in [3.05, 3.63) is 28.7 Å². The molecule has 0 unspecified atom stereocenters. The first-order valence-electron chi connectivity index (χ1n) is 3.20. The van der Waals surface area contributed by atoms with Crippen LogP contribution in [0.15, 0.2) is 28.7 Å². The lowest BCUT2D eigenvalue weighted by atomic mass is 10.3. The lowest BCUT2D eigenvalue weighted by Gasteiger charge is -2.02. The minimum Gasteiger partial charge on any atom is -0.483 e. The maximum absolute atomic E-state index is 5.35. The van der Waals surface area contributed by atoms with E-state index >= 15 is 0 Å². The summed E-state index contributed by atoms with van der Waals surface area (Å²) in [5, 5.41) is 0. The molecule has 1 nitrogen and oxygen atoms in total. The molecule has 1 aromatic carbocycles. The summed E-state index contributed by atoms with van der Waals surface area (Å²) in [6, 6.07) is 7.83. The van der Waals surface area contributed by atoms with Crippen LogP contribution in [0.25, 0.3) is 0 Å². The van der Waals surface area contributed by atoms with Gasteiger partial charge in [0.2, 0.25) is 0 Å². The van der Waals surface area contributed by atoms with Crippen molar-refractivity contribution in [3.8, 4) is 5.75 Å². The average Bonchev–Trinajstić information content (AvgIpc) is 2.04. The van der Waals surface area contributed by atoms with Gasteiger partial charge in [-0.05, 0) is 30.5 Å². The Morgan fingerprint density at radius 1 is 1.36 bits per heavy atom. The van der Waals surface area contributed by atoms with Crippen molar-refractivity contribution >= 4 is 27.7 Å². The van der Waals surface area contributed by atoms with Crippen LogP contribution in [-0.4, -0.2) is 12.2 Å². The van der Waals surface area contributed by atoms with Gasteiger partial charge in [-0.3, -0.25) is 0 Å². The molecule has 0 heterocycles. The van der Waals surface area contributed by atoms with Crippen molar-refractivity contribution < 1.29 is 4.74 Å². The molecular weight excluding hydrogens is 224 g/mol. The van der Waals surface area contributed by atoms with Crippen LogP contribution in [0.3, 0.4) is 0 Å². The van der Waals surface area contributed by atoms with E-state index in [1.807, 2.05) is 30.5 Å². The summed E-state index contributed by atoms with van der Waals surface area (Å²) < 4.78 is 6.43. The smallest absolute Gasteiger partial charge is 0.133 e. The van der Waals surface area contributed by atoms with Gasteiger partial charge in [0.25, 0.3) is 0 Å². The summed E-state index contributed by atoms with van der Waals surface area (Å²) in [6.45, 7) is 0. The summed E-state index contributed by atoms with van der Waals surface area (Å²) in [7, 11) is 0. The first kappa shape index (κ1) is 8.94. The fraction of sp³-hybridized carbons (Fsp3) is 0.250. The third kappa shape index (κ3) is 3.16. The first-order valence-corrected chi connectivity index (χ1v) is 5.39. The maximum Gasteiger partial charge on any atom is 0.133 e. The number of benzene rings is 1. The molecule has 0 aliphatic heterocycles. The monoisotopic (exact) mass is 232 g/mol. The average molecular weight is 233 g/mol. The van der Waals surface area contributed by atoms with Crippen molar-refractivity contribution in [2.24, 2.45) is 0 Å². The second kappa shape index (κ2) is 4.67. The third-order valence-corrected chi connectivity index (χ3v) is 2.04. The Bertz CT molecular complexity index is 210. The van der Waals surface area contributed by atoms with E-state index in [9.17, 15) is 0 Å². The molecule has 0 atom stereocenters. The Morgan fingerprint density at radius 2 is 2.00 bits per heavy atom. The lowest BCUT2D eigenvalue weighted by molar-refractivity contribution is 0.393. The van der Waals surface area contributed by atoms with Gasteiger partial charge in [-0.2, -0.15) is 0 Å². The van der Waals surface area contributed by atoms with Gasteiger partial charge < -0.3 is 4.74 Å². The molecule has 0 saturated heterocycles. The molecule has 0 aromatic heterocycles. The predicted molar refractivity (Wildman–Crippen MR) is 53.2 cm³/mol. The Hall–Kier alpha value is -0.150. The van der Waals surface area contributed by atoms with Crippen molar-refractivity contribution in [1.82, 2.24) is 0 Å². The van der Waals surface area contributed by atoms with E-state index in [0.717, 1.165) is 10.2 Å². The molecule has 0 aliphatic carbocycles. The highest BCUT2D eigenvalue weighted by atomic mass is 79.9. The van der Waals surface area contributed by atoms with Crippen LogP contribution in [0.4, 0.5) is 0 Å². The Kier molecular flexibility index (Phi) is 3.80. The number of hydrogen-bond acceptors (Lipinski definition) is 2. The van der Waals surface area contributed by atoms with Crippen molar-refractivity contribution in [2.45, 2.75) is 0 Å². The van der Waals surface area contributed by atoms with Gasteiger partial charge >= 0.3 is 0 Å². The largest absolute Gasteiger partial charge is 0.483 e. The molecule has 11 heavy (non-hydrogen) atoms. The Morgan fingerprint density at radius 3 is 2.55 bits per heavy atom. The zero-order chi connectivity index (χ0) is 8.10. The first-order chi connectivity index (χ1) is 5.33. The number of rotatable bonds is 3. The molecule has 0 radical (unpaired) electrons. The van der Waals surface area contributed by atoms with Gasteiger partial charge in [-0.25, -0.2) is 0 Å². The van der Waals surface area contributed by atoms with Crippen molar-refractivity contribution in [2.75, 3.05) is 12.2 Å². The summed E-state index contributed by atoms with van der Waals surface area (Å²) in [5.41, 5.74) is 0. The van der Waals surface area contributed by atoms with Crippen molar-refractivity contribution in [3.63, 3.8) is 0 Å². The van der Waals surface area contributed by atoms with Crippen LogP contribution in [0.5, 0.6) is 5.75 Å². The predicted octanol–water partition coefficient (Wildman–Crippen LogP) is 3.15. The molecule has 1 aromatic rings. The number of hydrogen-bond donors (Lipinski definition) is 0. The van der Waals surface area contributed by atoms with Crippen LogP contribution >= 0.6 is 27.7 Å². The second-order valence-corrected chi connectivity index (χ2v) is 3.73. The van der Waals surface area contributed by atoms with E-state index in [-0.39, 0.29) is 0 Å². The summed E-state index contributed by atoms with van der Waals surface area (Å²) in [5.74, 6) is 1.63. The number of halogens is 1. The molecule has 0 aliphatic rings. The minimum atomic E-state index is 0.710. The van der Waals surface area contributed by atoms with Gasteiger partial charge in [0.15, 0.2) is 0 Å². The van der Waals surface area contributed by atoms with Crippen LogP contribution in [-0.2, 0) is 0 Å². The highest BCUT2D eigenvalue weighted by Gasteiger charge is 1.90. The lowest BCUT2D eigenvalue weighted by Crippen LogP contribution is -1.90. The second-order valence-electron chi connectivity index (χ2n) is 2.00. The van der Waals surface area contributed by atoms with E-state index < -0.39 is 0 Å². The van der Waals surface area contributed by atoms with Crippen LogP contribution in [0.2, 0.25) is 0 Å². The molecule has 3 heteroatoms. The highest BCUT2D eigenvalue weighted by molar-refractivity contribution is 9.10.